The van der Waals surface area contributed by atoms with Crippen LogP contribution in [0.1, 0.15) is 59.9 Å². The van der Waals surface area contributed by atoms with Crippen LogP contribution in [0, 0.1) is 0 Å². The highest BCUT2D eigenvalue weighted by Crippen LogP contribution is 2.44. The molecule has 3 heterocycles. The Labute approximate surface area is 169 Å². The zero-order valence-electron chi connectivity index (χ0n) is 16.1. The maximum Gasteiger partial charge on any atom is 0.141 e. The van der Waals surface area contributed by atoms with Crippen molar-refractivity contribution in [3.05, 3.63) is 46.4 Å². The molecule has 1 N–H and O–H groups in total. The van der Waals surface area contributed by atoms with Crippen LogP contribution in [0.5, 0.6) is 0 Å². The van der Waals surface area contributed by atoms with E-state index in [0.717, 1.165) is 37.6 Å². The smallest absolute Gasteiger partial charge is 0.141 e. The number of anilines is 1. The molecule has 2 aliphatic rings. The second-order valence-corrected chi connectivity index (χ2v) is 9.01. The average molecular weight is 395 g/mol. The summed E-state index contributed by atoms with van der Waals surface area (Å²) >= 11 is 1.88. The molecule has 0 aromatic carbocycles. The number of hydrogen-bond donors (Lipinski definition) is 1. The second kappa shape index (κ2) is 7.76. The number of aliphatic hydroxyl groups excluding tert-OH is 1. The fourth-order valence-electron chi connectivity index (χ4n) is 4.14. The molecule has 146 valence electrons. The number of aromatic nitrogens is 3. The molecule has 3 aromatic heterocycles. The van der Waals surface area contributed by atoms with Crippen LogP contribution in [0.2, 0.25) is 0 Å². The van der Waals surface area contributed by atoms with Crippen molar-refractivity contribution in [2.24, 2.45) is 0 Å². The van der Waals surface area contributed by atoms with Crippen LogP contribution < -0.4 is 4.90 Å². The SMILES string of the molecule is OCCCN(Cc1ccncc1)c1nc(C2CC2)nc2sc3c(c12)CCCC3. The molecule has 3 aromatic rings. The lowest BCUT2D eigenvalue weighted by molar-refractivity contribution is 0.289. The van der Waals surface area contributed by atoms with Gasteiger partial charge in [0.15, 0.2) is 0 Å². The standard InChI is InChI=1S/C22H26N4OS/c27-13-3-12-26(14-15-8-10-23-11-9-15)21-19-17-4-1-2-5-18(17)28-22(19)25-20(24-21)16-6-7-16/h8-11,16,27H,1-7,12-14H2. The van der Waals surface area contributed by atoms with Gasteiger partial charge in [-0.2, -0.15) is 0 Å². The van der Waals surface area contributed by atoms with E-state index in [1.54, 1.807) is 0 Å². The van der Waals surface area contributed by atoms with Gasteiger partial charge in [-0.25, -0.2) is 9.97 Å². The summed E-state index contributed by atoms with van der Waals surface area (Å²) in [5.41, 5.74) is 2.70. The van der Waals surface area contributed by atoms with Crippen molar-refractivity contribution >= 4 is 27.4 Å². The number of thiophene rings is 1. The Bertz CT molecular complexity index is 968. The minimum Gasteiger partial charge on any atom is -0.396 e. The van der Waals surface area contributed by atoms with Gasteiger partial charge >= 0.3 is 0 Å². The molecule has 5 rings (SSSR count). The first-order valence-corrected chi connectivity index (χ1v) is 11.2. The summed E-state index contributed by atoms with van der Waals surface area (Å²) in [5.74, 6) is 2.63. The van der Waals surface area contributed by atoms with E-state index in [9.17, 15) is 5.11 Å². The van der Waals surface area contributed by atoms with Crippen molar-refractivity contribution in [3.63, 3.8) is 0 Å². The predicted octanol–water partition coefficient (Wildman–Crippen LogP) is 4.23. The largest absolute Gasteiger partial charge is 0.396 e. The van der Waals surface area contributed by atoms with Crippen molar-refractivity contribution in [1.29, 1.82) is 0 Å². The third kappa shape index (κ3) is 3.51. The Hall–Kier alpha value is -2.05. The summed E-state index contributed by atoms with van der Waals surface area (Å²) in [5, 5.41) is 10.8. The number of aryl methyl sites for hydroxylation is 2. The first kappa shape index (κ1) is 18.0. The summed E-state index contributed by atoms with van der Waals surface area (Å²) < 4.78 is 0. The van der Waals surface area contributed by atoms with Crippen molar-refractivity contribution in [3.8, 4) is 0 Å². The van der Waals surface area contributed by atoms with Crippen LogP contribution in [0.3, 0.4) is 0 Å². The quantitative estimate of drug-likeness (QED) is 0.650. The Balaban J connectivity index is 1.63. The summed E-state index contributed by atoms with van der Waals surface area (Å²) in [6.07, 6.45) is 11.7. The lowest BCUT2D eigenvalue weighted by Gasteiger charge is -2.25. The summed E-state index contributed by atoms with van der Waals surface area (Å²) in [7, 11) is 0. The van der Waals surface area contributed by atoms with Crippen LogP contribution in [-0.2, 0) is 19.4 Å². The third-order valence-electron chi connectivity index (χ3n) is 5.76. The van der Waals surface area contributed by atoms with Gasteiger partial charge in [0.2, 0.25) is 0 Å². The van der Waals surface area contributed by atoms with Gasteiger partial charge in [-0.3, -0.25) is 4.98 Å². The fraction of sp³-hybridized carbons (Fsp3) is 0.500. The van der Waals surface area contributed by atoms with E-state index in [1.807, 2.05) is 23.7 Å². The predicted molar refractivity (Wildman–Crippen MR) is 113 cm³/mol. The first-order valence-electron chi connectivity index (χ1n) is 10.4. The van der Waals surface area contributed by atoms with Crippen LogP contribution in [-0.4, -0.2) is 33.2 Å². The molecule has 0 radical (unpaired) electrons. The average Bonchev–Trinajstić information content (AvgIpc) is 3.52. The molecule has 28 heavy (non-hydrogen) atoms. The molecule has 0 saturated heterocycles. The maximum atomic E-state index is 9.48. The van der Waals surface area contributed by atoms with Crippen LogP contribution in [0.15, 0.2) is 24.5 Å². The molecule has 0 spiro atoms. The summed E-state index contributed by atoms with van der Waals surface area (Å²) in [6.45, 7) is 1.77. The molecule has 1 fully saturated rings. The number of nitrogens with zero attached hydrogens (tertiary/aromatic N) is 4. The molecule has 5 nitrogen and oxygen atoms in total. The van der Waals surface area contributed by atoms with Gasteiger partial charge < -0.3 is 10.0 Å². The van der Waals surface area contributed by atoms with E-state index in [2.05, 4.69) is 22.0 Å². The van der Waals surface area contributed by atoms with Crippen LogP contribution in [0.4, 0.5) is 5.82 Å². The number of rotatable bonds is 7. The minimum absolute atomic E-state index is 0.193. The highest BCUT2D eigenvalue weighted by molar-refractivity contribution is 7.19. The minimum atomic E-state index is 0.193. The Morgan fingerprint density at radius 2 is 1.93 bits per heavy atom. The Morgan fingerprint density at radius 3 is 2.71 bits per heavy atom. The van der Waals surface area contributed by atoms with Gasteiger partial charge in [-0.1, -0.05) is 0 Å². The summed E-state index contributed by atoms with van der Waals surface area (Å²) in [6, 6.07) is 4.13. The van der Waals surface area contributed by atoms with Gasteiger partial charge in [0.1, 0.15) is 16.5 Å². The molecule has 0 unspecified atom stereocenters. The van der Waals surface area contributed by atoms with Gasteiger partial charge in [0.25, 0.3) is 0 Å². The van der Waals surface area contributed by atoms with E-state index in [1.165, 1.54) is 58.3 Å². The van der Waals surface area contributed by atoms with Crippen LogP contribution in [0.25, 0.3) is 10.2 Å². The molecule has 6 heteroatoms. The van der Waals surface area contributed by atoms with Gasteiger partial charge in [0, 0.05) is 42.9 Å². The van der Waals surface area contributed by atoms with Gasteiger partial charge in [-0.15, -0.1) is 11.3 Å². The second-order valence-electron chi connectivity index (χ2n) is 7.92. The summed E-state index contributed by atoms with van der Waals surface area (Å²) in [4.78, 5) is 19.3. The number of aliphatic hydroxyl groups is 1. The van der Waals surface area contributed by atoms with Crippen molar-refractivity contribution < 1.29 is 5.11 Å². The normalized spacial score (nSPS) is 16.3. The molecule has 1 saturated carbocycles. The van der Waals surface area contributed by atoms with Gasteiger partial charge in [0.05, 0.1) is 5.39 Å². The van der Waals surface area contributed by atoms with Gasteiger partial charge in [-0.05, 0) is 68.2 Å². The van der Waals surface area contributed by atoms with E-state index in [-0.39, 0.29) is 6.61 Å². The Kier molecular flexibility index (Phi) is 4.99. The molecule has 0 bridgehead atoms. The highest BCUT2D eigenvalue weighted by Gasteiger charge is 2.30. The monoisotopic (exact) mass is 394 g/mol. The zero-order chi connectivity index (χ0) is 18.9. The lowest BCUT2D eigenvalue weighted by atomic mass is 9.96. The zero-order valence-corrected chi connectivity index (χ0v) is 16.9. The molecule has 0 aliphatic heterocycles. The molecular formula is C22H26N4OS. The fourth-order valence-corrected chi connectivity index (χ4v) is 5.40. The van der Waals surface area contributed by atoms with E-state index in [0.29, 0.717) is 5.92 Å². The van der Waals surface area contributed by atoms with Crippen molar-refractivity contribution in [2.75, 3.05) is 18.1 Å². The lowest BCUT2D eigenvalue weighted by Crippen LogP contribution is -2.26. The van der Waals surface area contributed by atoms with E-state index < -0.39 is 0 Å². The molecular weight excluding hydrogens is 368 g/mol. The first-order chi connectivity index (χ1) is 13.8. The van der Waals surface area contributed by atoms with Crippen molar-refractivity contribution in [2.45, 2.75) is 57.4 Å². The Morgan fingerprint density at radius 1 is 1.11 bits per heavy atom. The van der Waals surface area contributed by atoms with Crippen molar-refractivity contribution in [1.82, 2.24) is 15.0 Å². The highest BCUT2D eigenvalue weighted by atomic mass is 32.1. The van der Waals surface area contributed by atoms with E-state index in [4.69, 9.17) is 9.97 Å². The number of hydrogen-bond acceptors (Lipinski definition) is 6. The third-order valence-corrected chi connectivity index (χ3v) is 6.95. The molecule has 0 atom stereocenters. The number of fused-ring (bicyclic) bond motifs is 3. The topological polar surface area (TPSA) is 62.1 Å². The molecule has 0 amide bonds. The maximum absolute atomic E-state index is 9.48. The molecule has 2 aliphatic carbocycles. The van der Waals surface area contributed by atoms with Crippen LogP contribution >= 0.6 is 11.3 Å². The van der Waals surface area contributed by atoms with E-state index >= 15 is 0 Å². The number of pyridine rings is 1.